The number of carbonyl (C=O) groups excluding carboxylic acids is 4. The van der Waals surface area contributed by atoms with Gasteiger partial charge in [-0.2, -0.15) is 0 Å². The van der Waals surface area contributed by atoms with Crippen molar-refractivity contribution in [2.45, 2.75) is 38.6 Å². The van der Waals surface area contributed by atoms with Gasteiger partial charge < -0.3 is 10.2 Å². The summed E-state index contributed by atoms with van der Waals surface area (Å²) >= 11 is 0. The predicted molar refractivity (Wildman–Crippen MR) is 69.8 cm³/mol. The van der Waals surface area contributed by atoms with Crippen molar-refractivity contribution in [1.29, 1.82) is 0 Å². The van der Waals surface area contributed by atoms with E-state index in [9.17, 15) is 19.2 Å². The average molecular weight is 281 g/mol. The molecule has 7 nitrogen and oxygen atoms in total. The zero-order valence-electron chi connectivity index (χ0n) is 11.8. The first-order valence-electron chi connectivity index (χ1n) is 6.81. The van der Waals surface area contributed by atoms with Crippen molar-refractivity contribution in [3.63, 3.8) is 0 Å². The fourth-order valence-electron chi connectivity index (χ4n) is 2.37. The number of amides is 4. The van der Waals surface area contributed by atoms with Crippen LogP contribution in [0.2, 0.25) is 0 Å². The summed E-state index contributed by atoms with van der Waals surface area (Å²) in [7, 11) is 0. The molecule has 0 aromatic carbocycles. The Hall–Kier alpha value is -1.92. The minimum atomic E-state index is -0.921. The van der Waals surface area contributed by atoms with E-state index in [1.807, 2.05) is 0 Å². The van der Waals surface area contributed by atoms with Gasteiger partial charge in [-0.3, -0.25) is 19.3 Å². The molecule has 7 heteroatoms. The van der Waals surface area contributed by atoms with E-state index in [4.69, 9.17) is 0 Å². The zero-order valence-corrected chi connectivity index (χ0v) is 11.8. The number of hydrogen-bond acceptors (Lipinski definition) is 4. The number of urea groups is 1. The number of imide groups is 1. The smallest absolute Gasteiger partial charge is 0.325 e. The molecule has 110 valence electrons. The minimum absolute atomic E-state index is 0.141. The lowest BCUT2D eigenvalue weighted by molar-refractivity contribution is -0.140. The van der Waals surface area contributed by atoms with Gasteiger partial charge in [-0.1, -0.05) is 6.92 Å². The fraction of sp³-hybridized carbons (Fsp3) is 0.692. The van der Waals surface area contributed by atoms with Crippen molar-refractivity contribution in [2.75, 3.05) is 19.6 Å². The van der Waals surface area contributed by atoms with Crippen molar-refractivity contribution in [2.24, 2.45) is 0 Å². The molecule has 2 saturated heterocycles. The lowest BCUT2D eigenvalue weighted by Gasteiger charge is -2.27. The Morgan fingerprint density at radius 2 is 1.85 bits per heavy atom. The topological polar surface area (TPSA) is 86.8 Å². The highest BCUT2D eigenvalue weighted by molar-refractivity contribution is 6.08. The predicted octanol–water partition coefficient (Wildman–Crippen LogP) is -0.102. The lowest BCUT2D eigenvalue weighted by Crippen LogP contribution is -2.47. The van der Waals surface area contributed by atoms with Crippen LogP contribution in [0.5, 0.6) is 0 Å². The Morgan fingerprint density at radius 1 is 1.25 bits per heavy atom. The Labute approximate surface area is 117 Å². The molecule has 1 N–H and O–H groups in total. The molecule has 1 unspecified atom stereocenters. The van der Waals surface area contributed by atoms with E-state index < -0.39 is 11.6 Å². The first kappa shape index (κ1) is 14.5. The van der Waals surface area contributed by atoms with Crippen molar-refractivity contribution < 1.29 is 19.2 Å². The molecule has 0 saturated carbocycles. The van der Waals surface area contributed by atoms with Crippen LogP contribution >= 0.6 is 0 Å². The number of ketones is 1. The third-order valence-electron chi connectivity index (χ3n) is 4.02. The van der Waals surface area contributed by atoms with Gasteiger partial charge in [0.2, 0.25) is 5.91 Å². The molecule has 2 aliphatic heterocycles. The molecule has 4 amide bonds. The monoisotopic (exact) mass is 281 g/mol. The molecule has 2 rings (SSSR count). The molecule has 0 aromatic heterocycles. The Kier molecular flexibility index (Phi) is 3.78. The number of Topliss-reactive ketones (excluding diaryl/α,β-unsaturated/α-hetero) is 1. The number of likely N-dealkylation sites (tertiary alicyclic amines) is 1. The molecule has 2 heterocycles. The Balaban J connectivity index is 1.99. The maximum Gasteiger partial charge on any atom is 0.325 e. The number of nitrogens with zero attached hydrogens (tertiary/aromatic N) is 2. The van der Waals surface area contributed by atoms with E-state index in [1.54, 1.807) is 13.8 Å². The molecule has 0 aromatic rings. The molecule has 20 heavy (non-hydrogen) atoms. The van der Waals surface area contributed by atoms with Crippen molar-refractivity contribution in [1.82, 2.24) is 15.1 Å². The normalized spacial score (nSPS) is 27.0. The highest BCUT2D eigenvalue weighted by Gasteiger charge is 2.47. The maximum atomic E-state index is 12.2. The highest BCUT2D eigenvalue weighted by Crippen LogP contribution is 2.21. The summed E-state index contributed by atoms with van der Waals surface area (Å²) < 4.78 is 0. The molecular weight excluding hydrogens is 262 g/mol. The van der Waals surface area contributed by atoms with Gasteiger partial charge in [0.05, 0.1) is 0 Å². The Bertz CT molecular complexity index is 466. The molecular formula is C13H19N3O4. The van der Waals surface area contributed by atoms with E-state index >= 15 is 0 Å². The summed E-state index contributed by atoms with van der Waals surface area (Å²) in [5.74, 6) is -0.518. The van der Waals surface area contributed by atoms with E-state index in [0.717, 1.165) is 4.90 Å². The quantitative estimate of drug-likeness (QED) is 0.732. The number of piperidine rings is 1. The SMILES string of the molecule is CCC1(C)NC(=O)N(CC(=O)N2CCC(=O)CC2)C1=O. The van der Waals surface area contributed by atoms with Gasteiger partial charge in [-0.15, -0.1) is 0 Å². The van der Waals surface area contributed by atoms with Gasteiger partial charge in [-0.25, -0.2) is 4.79 Å². The number of hydrogen-bond donors (Lipinski definition) is 1. The number of rotatable bonds is 3. The summed E-state index contributed by atoms with van der Waals surface area (Å²) in [4.78, 5) is 49.7. The van der Waals surface area contributed by atoms with Crippen LogP contribution in [0.1, 0.15) is 33.1 Å². The van der Waals surface area contributed by atoms with Crippen LogP contribution in [0.3, 0.4) is 0 Å². The van der Waals surface area contributed by atoms with E-state index in [1.165, 1.54) is 4.90 Å². The van der Waals surface area contributed by atoms with Crippen LogP contribution in [0.15, 0.2) is 0 Å². The summed E-state index contributed by atoms with van der Waals surface area (Å²) in [6.07, 6.45) is 1.16. The summed E-state index contributed by atoms with van der Waals surface area (Å²) in [5, 5.41) is 2.61. The van der Waals surface area contributed by atoms with Crippen LogP contribution in [-0.2, 0) is 14.4 Å². The van der Waals surface area contributed by atoms with Crippen LogP contribution < -0.4 is 5.32 Å². The largest absolute Gasteiger partial charge is 0.340 e. The van der Waals surface area contributed by atoms with Gasteiger partial charge in [0.15, 0.2) is 0 Å². The fourth-order valence-corrected chi connectivity index (χ4v) is 2.37. The first-order chi connectivity index (χ1) is 9.37. The van der Waals surface area contributed by atoms with Crippen molar-refractivity contribution in [3.8, 4) is 0 Å². The molecule has 2 fully saturated rings. The second kappa shape index (κ2) is 5.22. The number of carbonyl (C=O) groups is 4. The van der Waals surface area contributed by atoms with Gasteiger partial charge in [0.25, 0.3) is 5.91 Å². The molecule has 2 aliphatic rings. The van der Waals surface area contributed by atoms with Gasteiger partial charge in [-0.05, 0) is 13.3 Å². The highest BCUT2D eigenvalue weighted by atomic mass is 16.2. The summed E-state index contributed by atoms with van der Waals surface area (Å²) in [6.45, 7) is 3.93. The third kappa shape index (κ3) is 2.52. The van der Waals surface area contributed by atoms with Crippen LogP contribution in [0.25, 0.3) is 0 Å². The molecule has 0 radical (unpaired) electrons. The maximum absolute atomic E-state index is 12.2. The van der Waals surface area contributed by atoms with Crippen LogP contribution in [-0.4, -0.2) is 58.6 Å². The standard InChI is InChI=1S/C13H19N3O4/c1-3-13(2)11(19)16(12(20)14-13)8-10(18)15-6-4-9(17)5-7-15/h3-8H2,1-2H3,(H,14,20). The molecule has 1 atom stereocenters. The minimum Gasteiger partial charge on any atom is -0.340 e. The number of nitrogens with one attached hydrogen (secondary N) is 1. The van der Waals surface area contributed by atoms with E-state index in [-0.39, 0.29) is 24.1 Å². The average Bonchev–Trinajstić information content (AvgIpc) is 2.64. The second-order valence-electron chi connectivity index (χ2n) is 5.43. The van der Waals surface area contributed by atoms with E-state index in [2.05, 4.69) is 5.32 Å². The van der Waals surface area contributed by atoms with Crippen LogP contribution in [0, 0.1) is 0 Å². The Morgan fingerprint density at radius 3 is 2.35 bits per heavy atom. The molecule has 0 spiro atoms. The third-order valence-corrected chi connectivity index (χ3v) is 4.02. The van der Waals surface area contributed by atoms with Crippen molar-refractivity contribution in [3.05, 3.63) is 0 Å². The van der Waals surface area contributed by atoms with Crippen molar-refractivity contribution >= 4 is 23.6 Å². The molecule has 0 bridgehead atoms. The second-order valence-corrected chi connectivity index (χ2v) is 5.43. The van der Waals surface area contributed by atoms with Crippen LogP contribution in [0.4, 0.5) is 4.79 Å². The molecule has 0 aliphatic carbocycles. The van der Waals surface area contributed by atoms with E-state index in [0.29, 0.717) is 32.4 Å². The zero-order chi connectivity index (χ0) is 14.9. The summed E-state index contributed by atoms with van der Waals surface area (Å²) in [5.41, 5.74) is -0.921. The first-order valence-corrected chi connectivity index (χ1v) is 6.81. The summed E-state index contributed by atoms with van der Waals surface area (Å²) in [6, 6.07) is -0.527. The van der Waals surface area contributed by atoms with Gasteiger partial charge >= 0.3 is 6.03 Å². The van der Waals surface area contributed by atoms with Gasteiger partial charge in [0.1, 0.15) is 17.9 Å². The lowest BCUT2D eigenvalue weighted by atomic mass is 9.99. The van der Waals surface area contributed by atoms with Gasteiger partial charge in [0, 0.05) is 25.9 Å².